The lowest BCUT2D eigenvalue weighted by atomic mass is 9.99. The number of rotatable bonds is 4. The molecule has 7 nitrogen and oxygen atoms in total. The second-order valence-electron chi connectivity index (χ2n) is 5.98. The van der Waals surface area contributed by atoms with Crippen molar-refractivity contribution in [1.82, 2.24) is 20.1 Å². The van der Waals surface area contributed by atoms with E-state index in [0.29, 0.717) is 24.5 Å². The number of nitrogens with one attached hydrogen (secondary N) is 1. The van der Waals surface area contributed by atoms with Gasteiger partial charge in [0.05, 0.1) is 37.3 Å². The maximum Gasteiger partial charge on any atom is 0.270 e. The second-order valence-corrected chi connectivity index (χ2v) is 5.98. The van der Waals surface area contributed by atoms with E-state index in [2.05, 4.69) is 15.4 Å². The van der Waals surface area contributed by atoms with E-state index in [1.807, 2.05) is 26.0 Å². The molecule has 1 aliphatic heterocycles. The molecule has 2 aromatic rings. The van der Waals surface area contributed by atoms with E-state index in [9.17, 15) is 4.79 Å². The predicted molar refractivity (Wildman–Crippen MR) is 87.8 cm³/mol. The Labute approximate surface area is 141 Å². The summed E-state index contributed by atoms with van der Waals surface area (Å²) < 4.78 is 12.5. The Morgan fingerprint density at radius 2 is 2.25 bits per heavy atom. The maximum absolute atomic E-state index is 12.7. The zero-order valence-electron chi connectivity index (χ0n) is 14.4. The molecule has 2 atom stereocenters. The normalized spacial score (nSPS) is 19.7. The minimum atomic E-state index is -0.155. The van der Waals surface area contributed by atoms with Crippen LogP contribution in [0.4, 0.5) is 0 Å². The van der Waals surface area contributed by atoms with Crippen LogP contribution >= 0.6 is 0 Å². The second kappa shape index (κ2) is 6.60. The summed E-state index contributed by atoms with van der Waals surface area (Å²) in [5, 5.41) is 7.38. The molecule has 2 aromatic heterocycles. The molecule has 1 N–H and O–H groups in total. The average Bonchev–Trinajstić information content (AvgIpc) is 2.89. The monoisotopic (exact) mass is 330 g/mol. The Morgan fingerprint density at radius 3 is 3.00 bits per heavy atom. The van der Waals surface area contributed by atoms with Gasteiger partial charge in [0.15, 0.2) is 0 Å². The number of carbonyl (C=O) groups excluding carboxylic acids is 1. The van der Waals surface area contributed by atoms with Crippen molar-refractivity contribution in [2.45, 2.75) is 39.0 Å². The van der Waals surface area contributed by atoms with Gasteiger partial charge in [0.25, 0.3) is 5.91 Å². The Balaban J connectivity index is 1.78. The van der Waals surface area contributed by atoms with E-state index in [1.165, 1.54) is 0 Å². The number of nitrogens with zero attached hydrogens (tertiary/aromatic N) is 3. The number of ether oxygens (including phenoxy) is 2. The molecule has 3 rings (SSSR count). The smallest absolute Gasteiger partial charge is 0.270 e. The quantitative estimate of drug-likeness (QED) is 0.924. The fraction of sp³-hybridized carbons (Fsp3) is 0.471. The predicted octanol–water partition coefficient (Wildman–Crippen LogP) is 1.78. The number of fused-ring (bicyclic) bond motifs is 1. The van der Waals surface area contributed by atoms with E-state index < -0.39 is 0 Å². The van der Waals surface area contributed by atoms with Crippen LogP contribution in [-0.4, -0.2) is 33.9 Å². The first-order chi connectivity index (χ1) is 11.5. The first-order valence-electron chi connectivity index (χ1n) is 7.99. The van der Waals surface area contributed by atoms with Crippen LogP contribution in [0.15, 0.2) is 18.2 Å². The van der Waals surface area contributed by atoms with Crippen LogP contribution < -0.4 is 10.1 Å². The number of aromatic nitrogens is 3. The van der Waals surface area contributed by atoms with Crippen molar-refractivity contribution in [3.63, 3.8) is 0 Å². The van der Waals surface area contributed by atoms with Crippen LogP contribution in [-0.2, 0) is 24.8 Å². The standard InChI is InChI=1S/C17H22N4O3/c1-10-8-13-15(11(2)24-10)20-21(3)16(13)17(22)18-9-12-6-5-7-14(19-12)23-4/h5-7,10-11H,8-9H2,1-4H3,(H,18,22)/t10-,11+/m1/s1. The van der Waals surface area contributed by atoms with Gasteiger partial charge in [-0.25, -0.2) is 4.98 Å². The van der Waals surface area contributed by atoms with Crippen LogP contribution in [0.2, 0.25) is 0 Å². The Bertz CT molecular complexity index is 756. The molecule has 7 heteroatoms. The Morgan fingerprint density at radius 1 is 1.46 bits per heavy atom. The highest BCUT2D eigenvalue weighted by atomic mass is 16.5. The van der Waals surface area contributed by atoms with E-state index in [-0.39, 0.29) is 18.1 Å². The number of carbonyl (C=O) groups is 1. The van der Waals surface area contributed by atoms with Crippen molar-refractivity contribution >= 4 is 5.91 Å². The van der Waals surface area contributed by atoms with Gasteiger partial charge in [0.2, 0.25) is 5.88 Å². The number of methoxy groups -OCH3 is 1. The summed E-state index contributed by atoms with van der Waals surface area (Å²) in [4.78, 5) is 17.0. The number of hydrogen-bond acceptors (Lipinski definition) is 5. The minimum absolute atomic E-state index is 0.0725. The molecule has 0 fully saturated rings. The summed E-state index contributed by atoms with van der Waals surface area (Å²) in [6.45, 7) is 4.30. The minimum Gasteiger partial charge on any atom is -0.481 e. The fourth-order valence-corrected chi connectivity index (χ4v) is 3.07. The van der Waals surface area contributed by atoms with Gasteiger partial charge in [0, 0.05) is 25.1 Å². The molecule has 0 radical (unpaired) electrons. The van der Waals surface area contributed by atoms with Crippen molar-refractivity contribution in [3.05, 3.63) is 40.8 Å². The highest BCUT2D eigenvalue weighted by molar-refractivity contribution is 5.94. The topological polar surface area (TPSA) is 78.3 Å². The van der Waals surface area contributed by atoms with Gasteiger partial charge in [-0.1, -0.05) is 6.07 Å². The molecule has 0 spiro atoms. The van der Waals surface area contributed by atoms with Gasteiger partial charge in [-0.3, -0.25) is 9.48 Å². The third kappa shape index (κ3) is 3.12. The lowest BCUT2D eigenvalue weighted by Crippen LogP contribution is -2.28. The molecule has 0 unspecified atom stereocenters. The number of hydrogen-bond donors (Lipinski definition) is 1. The van der Waals surface area contributed by atoms with Crippen LogP contribution in [0, 0.1) is 0 Å². The summed E-state index contributed by atoms with van der Waals surface area (Å²) in [7, 11) is 3.35. The zero-order valence-corrected chi connectivity index (χ0v) is 14.4. The molecule has 1 amide bonds. The van der Waals surface area contributed by atoms with Crippen LogP contribution in [0.25, 0.3) is 0 Å². The van der Waals surface area contributed by atoms with Gasteiger partial charge in [0.1, 0.15) is 5.69 Å². The van der Waals surface area contributed by atoms with Crippen molar-refractivity contribution in [2.75, 3.05) is 7.11 Å². The first-order valence-corrected chi connectivity index (χ1v) is 7.99. The molecular formula is C17H22N4O3. The summed E-state index contributed by atoms with van der Waals surface area (Å²) in [6.07, 6.45) is 0.660. The van der Waals surface area contributed by atoms with E-state index in [1.54, 1.807) is 24.9 Å². The van der Waals surface area contributed by atoms with Gasteiger partial charge >= 0.3 is 0 Å². The molecule has 24 heavy (non-hydrogen) atoms. The lowest BCUT2D eigenvalue weighted by molar-refractivity contribution is -0.00710. The van der Waals surface area contributed by atoms with Crippen molar-refractivity contribution in [1.29, 1.82) is 0 Å². The molecular weight excluding hydrogens is 308 g/mol. The Kier molecular flexibility index (Phi) is 4.53. The highest BCUT2D eigenvalue weighted by Crippen LogP contribution is 2.31. The van der Waals surface area contributed by atoms with Crippen molar-refractivity contribution < 1.29 is 14.3 Å². The average molecular weight is 330 g/mol. The SMILES string of the molecule is COc1cccc(CNC(=O)c2c3c(nn2C)[C@H](C)O[C@H](C)C3)n1. The third-order valence-corrected chi connectivity index (χ3v) is 4.12. The molecule has 0 aliphatic carbocycles. The van der Waals surface area contributed by atoms with E-state index in [4.69, 9.17) is 9.47 Å². The zero-order chi connectivity index (χ0) is 17.3. The largest absolute Gasteiger partial charge is 0.481 e. The maximum atomic E-state index is 12.7. The first kappa shape index (κ1) is 16.4. The summed E-state index contributed by atoms with van der Waals surface area (Å²) in [5.74, 6) is 0.372. The number of amides is 1. The van der Waals surface area contributed by atoms with Gasteiger partial charge in [-0.05, 0) is 19.9 Å². The van der Waals surface area contributed by atoms with E-state index in [0.717, 1.165) is 17.0 Å². The summed E-state index contributed by atoms with van der Waals surface area (Å²) in [5.41, 5.74) is 3.15. The molecule has 0 bridgehead atoms. The molecule has 0 aromatic carbocycles. The van der Waals surface area contributed by atoms with Gasteiger partial charge in [-0.2, -0.15) is 5.10 Å². The molecule has 0 saturated heterocycles. The van der Waals surface area contributed by atoms with Gasteiger partial charge in [-0.15, -0.1) is 0 Å². The van der Waals surface area contributed by atoms with Crippen molar-refractivity contribution in [2.24, 2.45) is 7.05 Å². The third-order valence-electron chi connectivity index (χ3n) is 4.12. The number of pyridine rings is 1. The molecule has 1 aliphatic rings. The summed E-state index contributed by atoms with van der Waals surface area (Å²) in [6, 6.07) is 5.46. The van der Waals surface area contributed by atoms with Gasteiger partial charge < -0.3 is 14.8 Å². The molecule has 3 heterocycles. The number of aryl methyl sites for hydroxylation is 1. The molecule has 128 valence electrons. The van der Waals surface area contributed by atoms with Crippen LogP contribution in [0.1, 0.15) is 47.4 Å². The van der Waals surface area contributed by atoms with Crippen LogP contribution in [0.3, 0.4) is 0 Å². The van der Waals surface area contributed by atoms with E-state index >= 15 is 0 Å². The highest BCUT2D eigenvalue weighted by Gasteiger charge is 2.31. The lowest BCUT2D eigenvalue weighted by Gasteiger charge is -2.24. The van der Waals surface area contributed by atoms with Crippen LogP contribution in [0.5, 0.6) is 5.88 Å². The Hall–Kier alpha value is -2.41. The van der Waals surface area contributed by atoms with Crippen molar-refractivity contribution in [3.8, 4) is 5.88 Å². The fourth-order valence-electron chi connectivity index (χ4n) is 3.07. The molecule has 0 saturated carbocycles. The summed E-state index contributed by atoms with van der Waals surface area (Å²) >= 11 is 0.